The van der Waals surface area contributed by atoms with Gasteiger partial charge in [-0.05, 0) is 19.1 Å². The Balaban J connectivity index is 1.67. The number of sulfonamides is 1. The molecule has 0 bridgehead atoms. The number of H-pyrrole nitrogens is 1. The summed E-state index contributed by atoms with van der Waals surface area (Å²) in [5.41, 5.74) is 2.40. The van der Waals surface area contributed by atoms with Gasteiger partial charge in [-0.1, -0.05) is 0 Å². The molecule has 2 aromatic heterocycles. The second-order valence-corrected chi connectivity index (χ2v) is 9.06. The summed E-state index contributed by atoms with van der Waals surface area (Å²) in [5, 5.41) is 16.5. The SMILES string of the molecule is CCNc1cc(Nc2ccc(S(=O)(=O)N3CCOCC3)cc2OC)nc2[nH]cc(C#N)c12. The van der Waals surface area contributed by atoms with Gasteiger partial charge in [-0.25, -0.2) is 13.4 Å². The van der Waals surface area contributed by atoms with Crippen LogP contribution in [0.15, 0.2) is 35.4 Å². The van der Waals surface area contributed by atoms with Gasteiger partial charge in [0.2, 0.25) is 10.0 Å². The van der Waals surface area contributed by atoms with Gasteiger partial charge >= 0.3 is 0 Å². The molecule has 168 valence electrons. The van der Waals surface area contributed by atoms with Crippen LogP contribution in [-0.4, -0.2) is 62.6 Å². The zero-order chi connectivity index (χ0) is 22.7. The first-order chi connectivity index (χ1) is 15.5. The van der Waals surface area contributed by atoms with Gasteiger partial charge in [0, 0.05) is 38.0 Å². The van der Waals surface area contributed by atoms with E-state index in [1.807, 2.05) is 6.92 Å². The topological polar surface area (TPSA) is 132 Å². The summed E-state index contributed by atoms with van der Waals surface area (Å²) < 4.78 is 38.1. The van der Waals surface area contributed by atoms with E-state index < -0.39 is 10.0 Å². The smallest absolute Gasteiger partial charge is 0.243 e. The van der Waals surface area contributed by atoms with Gasteiger partial charge in [0.05, 0.1) is 47.5 Å². The number of aromatic amines is 1. The van der Waals surface area contributed by atoms with Crippen LogP contribution in [0.4, 0.5) is 17.2 Å². The Hall–Kier alpha value is -3.33. The van der Waals surface area contributed by atoms with Crippen LogP contribution >= 0.6 is 0 Å². The largest absolute Gasteiger partial charge is 0.495 e. The fourth-order valence-electron chi connectivity index (χ4n) is 3.63. The molecular weight excluding hydrogens is 432 g/mol. The van der Waals surface area contributed by atoms with Crippen molar-refractivity contribution in [3.8, 4) is 11.8 Å². The standard InChI is InChI=1S/C21H24N6O4S/c1-3-23-17-11-19(26-21-20(17)14(12-22)13-24-21)25-16-5-4-15(10-18(16)30-2)32(28,29)27-6-8-31-9-7-27/h4-5,10-11,13H,3,6-9H2,1-2H3,(H3,23,24,25,26). The number of nitrogens with zero attached hydrogens (tertiary/aromatic N) is 3. The van der Waals surface area contributed by atoms with Crippen LogP contribution in [0.1, 0.15) is 12.5 Å². The van der Waals surface area contributed by atoms with Crippen molar-refractivity contribution in [2.24, 2.45) is 0 Å². The number of fused-ring (bicyclic) bond motifs is 1. The first kappa shape index (κ1) is 21.9. The average molecular weight is 457 g/mol. The summed E-state index contributed by atoms with van der Waals surface area (Å²) in [6.45, 7) is 4.04. The molecule has 0 radical (unpaired) electrons. The number of anilines is 3. The Morgan fingerprint density at radius 1 is 1.28 bits per heavy atom. The first-order valence-corrected chi connectivity index (χ1v) is 11.6. The van der Waals surface area contributed by atoms with Crippen LogP contribution < -0.4 is 15.4 Å². The highest BCUT2D eigenvalue weighted by molar-refractivity contribution is 7.89. The summed E-state index contributed by atoms with van der Waals surface area (Å²) in [6.07, 6.45) is 1.62. The number of methoxy groups -OCH3 is 1. The molecule has 0 spiro atoms. The lowest BCUT2D eigenvalue weighted by Crippen LogP contribution is -2.40. The minimum Gasteiger partial charge on any atom is -0.495 e. The van der Waals surface area contributed by atoms with Gasteiger partial charge < -0.3 is 25.1 Å². The summed E-state index contributed by atoms with van der Waals surface area (Å²) in [5.74, 6) is 0.886. The molecule has 0 atom stereocenters. The van der Waals surface area contributed by atoms with Crippen LogP contribution in [0.2, 0.25) is 0 Å². The minimum atomic E-state index is -3.64. The molecule has 32 heavy (non-hydrogen) atoms. The van der Waals surface area contributed by atoms with E-state index in [1.54, 1.807) is 24.4 Å². The number of aromatic nitrogens is 2. The Bertz CT molecular complexity index is 1280. The number of morpholine rings is 1. The lowest BCUT2D eigenvalue weighted by Gasteiger charge is -2.26. The Morgan fingerprint density at radius 3 is 2.75 bits per heavy atom. The van der Waals surface area contributed by atoms with E-state index in [1.165, 1.54) is 17.5 Å². The van der Waals surface area contributed by atoms with Crippen molar-refractivity contribution in [2.45, 2.75) is 11.8 Å². The number of ether oxygens (including phenoxy) is 2. The average Bonchev–Trinajstić information content (AvgIpc) is 3.23. The maximum Gasteiger partial charge on any atom is 0.243 e. The van der Waals surface area contributed by atoms with Gasteiger partial charge in [-0.15, -0.1) is 0 Å². The van der Waals surface area contributed by atoms with Gasteiger partial charge in [-0.2, -0.15) is 9.57 Å². The summed E-state index contributed by atoms with van der Waals surface area (Å²) in [4.78, 5) is 7.72. The van der Waals surface area contributed by atoms with Gasteiger partial charge in [-0.3, -0.25) is 0 Å². The lowest BCUT2D eigenvalue weighted by atomic mass is 10.2. The van der Waals surface area contributed by atoms with Crippen molar-refractivity contribution in [3.05, 3.63) is 36.0 Å². The number of nitrogens with one attached hydrogen (secondary N) is 3. The highest BCUT2D eigenvalue weighted by Crippen LogP contribution is 2.34. The van der Waals surface area contributed by atoms with Crippen molar-refractivity contribution in [2.75, 3.05) is 50.6 Å². The molecule has 1 aromatic carbocycles. The molecular formula is C21H24N6O4S. The molecule has 1 fully saturated rings. The maximum atomic E-state index is 13.0. The highest BCUT2D eigenvalue weighted by atomic mass is 32.2. The van der Waals surface area contributed by atoms with Gasteiger partial charge in [0.25, 0.3) is 0 Å². The molecule has 1 aliphatic heterocycles. The third kappa shape index (κ3) is 4.08. The van der Waals surface area contributed by atoms with Crippen molar-refractivity contribution in [1.82, 2.24) is 14.3 Å². The maximum absolute atomic E-state index is 13.0. The molecule has 0 saturated carbocycles. The zero-order valence-electron chi connectivity index (χ0n) is 17.8. The van der Waals surface area contributed by atoms with E-state index in [9.17, 15) is 13.7 Å². The number of rotatable bonds is 7. The number of benzene rings is 1. The van der Waals surface area contributed by atoms with E-state index in [0.29, 0.717) is 61.3 Å². The second-order valence-electron chi connectivity index (χ2n) is 7.13. The summed E-state index contributed by atoms with van der Waals surface area (Å²) in [7, 11) is -2.16. The lowest BCUT2D eigenvalue weighted by molar-refractivity contribution is 0.0730. The summed E-state index contributed by atoms with van der Waals surface area (Å²) in [6, 6.07) is 8.66. The number of hydrogen-bond acceptors (Lipinski definition) is 8. The number of hydrogen-bond donors (Lipinski definition) is 3. The third-order valence-corrected chi connectivity index (χ3v) is 7.07. The van der Waals surface area contributed by atoms with E-state index in [0.717, 1.165) is 11.1 Å². The van der Waals surface area contributed by atoms with Crippen LogP contribution in [0.5, 0.6) is 5.75 Å². The predicted molar refractivity (Wildman–Crippen MR) is 121 cm³/mol. The van der Waals surface area contributed by atoms with E-state index >= 15 is 0 Å². The van der Waals surface area contributed by atoms with Gasteiger partial charge in [0.15, 0.2) is 0 Å². The fraction of sp³-hybridized carbons (Fsp3) is 0.333. The van der Waals surface area contributed by atoms with E-state index in [-0.39, 0.29) is 4.90 Å². The zero-order valence-corrected chi connectivity index (χ0v) is 18.6. The molecule has 0 unspecified atom stereocenters. The van der Waals surface area contributed by atoms with Crippen LogP contribution in [0, 0.1) is 11.3 Å². The molecule has 11 heteroatoms. The van der Waals surface area contributed by atoms with Crippen LogP contribution in [0.25, 0.3) is 11.0 Å². The van der Waals surface area contributed by atoms with Crippen LogP contribution in [0.3, 0.4) is 0 Å². The molecule has 3 heterocycles. The van der Waals surface area contributed by atoms with Crippen molar-refractivity contribution >= 4 is 38.2 Å². The monoisotopic (exact) mass is 456 g/mol. The fourth-order valence-corrected chi connectivity index (χ4v) is 5.05. The molecule has 10 nitrogen and oxygen atoms in total. The molecule has 1 saturated heterocycles. The molecule has 3 N–H and O–H groups in total. The Labute approximate surface area is 186 Å². The minimum absolute atomic E-state index is 0.154. The Kier molecular flexibility index (Phi) is 6.18. The van der Waals surface area contributed by atoms with Crippen LogP contribution in [-0.2, 0) is 14.8 Å². The molecule has 0 amide bonds. The highest BCUT2D eigenvalue weighted by Gasteiger charge is 2.27. The molecule has 0 aliphatic carbocycles. The van der Waals surface area contributed by atoms with E-state index in [4.69, 9.17) is 9.47 Å². The number of nitriles is 1. The number of pyridine rings is 1. The molecule has 3 aromatic rings. The molecule has 4 rings (SSSR count). The first-order valence-electron chi connectivity index (χ1n) is 10.2. The normalized spacial score (nSPS) is 14.8. The second kappa shape index (κ2) is 9.04. The van der Waals surface area contributed by atoms with Crippen molar-refractivity contribution in [1.29, 1.82) is 5.26 Å². The quantitative estimate of drug-likeness (QED) is 0.494. The predicted octanol–water partition coefficient (Wildman–Crippen LogP) is 2.64. The summed E-state index contributed by atoms with van der Waals surface area (Å²) >= 11 is 0. The van der Waals surface area contributed by atoms with Crippen molar-refractivity contribution in [3.63, 3.8) is 0 Å². The molecule has 1 aliphatic rings. The Morgan fingerprint density at radius 2 is 2.06 bits per heavy atom. The van der Waals surface area contributed by atoms with Gasteiger partial charge in [0.1, 0.15) is 23.3 Å². The third-order valence-electron chi connectivity index (χ3n) is 5.17. The van der Waals surface area contributed by atoms with E-state index in [2.05, 4.69) is 26.7 Å². The van der Waals surface area contributed by atoms with Crippen molar-refractivity contribution < 1.29 is 17.9 Å².